The minimum absolute atomic E-state index is 0.0630. The van der Waals surface area contributed by atoms with Crippen molar-refractivity contribution in [2.45, 2.75) is 81.5 Å². The lowest BCUT2D eigenvalue weighted by molar-refractivity contribution is -0.220. The number of morpholine rings is 2. The minimum Gasteiger partial charge on any atom is -0.378 e. The third-order valence-electron chi connectivity index (χ3n) is 11.0. The molecule has 0 spiro atoms. The summed E-state index contributed by atoms with van der Waals surface area (Å²) in [6.07, 6.45) is 10.5. The zero-order chi connectivity index (χ0) is 28.4. The molecule has 9 heteroatoms. The fourth-order valence-corrected chi connectivity index (χ4v) is 9.17. The van der Waals surface area contributed by atoms with E-state index in [1.54, 1.807) is 11.1 Å². The molecular formula is C33H39FN4O4. The second-order valence-corrected chi connectivity index (χ2v) is 13.0. The number of fused-ring (bicyclic) bond motifs is 4. The molecule has 2 aromatic rings. The summed E-state index contributed by atoms with van der Waals surface area (Å²) in [5.41, 5.74) is 1.14. The molecule has 3 aliphatic heterocycles. The van der Waals surface area contributed by atoms with E-state index in [9.17, 15) is 9.59 Å². The minimum atomic E-state index is -1.32. The van der Waals surface area contributed by atoms with E-state index in [-0.39, 0.29) is 41.9 Å². The van der Waals surface area contributed by atoms with Crippen LogP contribution in [0.4, 0.5) is 4.39 Å². The third-order valence-corrected chi connectivity index (χ3v) is 11.0. The van der Waals surface area contributed by atoms with Crippen molar-refractivity contribution in [2.75, 3.05) is 26.3 Å². The number of ether oxygens (including phenoxy) is 2. The number of aromatic nitrogens is 2. The Morgan fingerprint density at radius 2 is 1.79 bits per heavy atom. The van der Waals surface area contributed by atoms with Gasteiger partial charge in [-0.2, -0.15) is 0 Å². The number of Topliss-reactive ketones (excluding diaryl/α,β-unsaturated/α-hetero) is 1. The van der Waals surface area contributed by atoms with Crippen molar-refractivity contribution in [3.63, 3.8) is 0 Å². The van der Waals surface area contributed by atoms with Crippen LogP contribution in [-0.4, -0.2) is 87.8 Å². The number of hydrogen-bond acceptors (Lipinski definition) is 6. The molecule has 42 heavy (non-hydrogen) atoms. The number of alkyl halides is 1. The maximum atomic E-state index is 16.6. The highest BCUT2D eigenvalue weighted by atomic mass is 19.1. The van der Waals surface area contributed by atoms with Crippen LogP contribution in [0, 0.1) is 17.8 Å². The first-order valence-electron chi connectivity index (χ1n) is 15.9. The highest BCUT2D eigenvalue weighted by Crippen LogP contribution is 2.53. The van der Waals surface area contributed by atoms with Crippen molar-refractivity contribution < 1.29 is 23.5 Å². The van der Waals surface area contributed by atoms with Crippen LogP contribution in [0.25, 0.3) is 11.4 Å². The Morgan fingerprint density at radius 3 is 2.62 bits per heavy atom. The molecule has 1 aromatic carbocycles. The van der Waals surface area contributed by atoms with E-state index in [0.29, 0.717) is 44.0 Å². The lowest BCUT2D eigenvalue weighted by Gasteiger charge is -2.62. The predicted octanol–water partition coefficient (Wildman–Crippen LogP) is 4.18. The van der Waals surface area contributed by atoms with Gasteiger partial charge in [-0.25, -0.2) is 9.37 Å². The summed E-state index contributed by atoms with van der Waals surface area (Å²) in [5, 5.41) is 0. The monoisotopic (exact) mass is 574 g/mol. The van der Waals surface area contributed by atoms with E-state index >= 15 is 4.39 Å². The van der Waals surface area contributed by atoms with Gasteiger partial charge in [0.2, 0.25) is 0 Å². The standard InChI is InChI=1S/C33H39FN4O4/c34-25-18-23-28-31(29(25)37-13-12-35-32(37)21-7-2-1-3-8-21)42-26-11-10-20-6-4-5-9-22(20)27(26)38(28)19-24(30(23)39)33(40)36-14-16-41-17-15-36/h1-3,7-8,12-13,19-20,22-23,25-29,31H,4-6,9-11,14-18H2. The van der Waals surface area contributed by atoms with Gasteiger partial charge in [-0.15, -0.1) is 0 Å². The molecular weight excluding hydrogens is 535 g/mol. The van der Waals surface area contributed by atoms with Gasteiger partial charge in [-0.05, 0) is 37.5 Å². The maximum absolute atomic E-state index is 16.6. The summed E-state index contributed by atoms with van der Waals surface area (Å²) >= 11 is 0. The Labute approximate surface area is 245 Å². The van der Waals surface area contributed by atoms with E-state index in [1.165, 1.54) is 19.3 Å². The number of benzene rings is 1. The second kappa shape index (κ2) is 10.6. The number of rotatable bonds is 3. The zero-order valence-electron chi connectivity index (χ0n) is 23.9. The van der Waals surface area contributed by atoms with Crippen LogP contribution in [0.2, 0.25) is 0 Å². The van der Waals surface area contributed by atoms with E-state index in [2.05, 4.69) is 9.88 Å². The number of carbonyl (C=O) groups excluding carboxylic acids is 2. The molecule has 9 unspecified atom stereocenters. The topological polar surface area (TPSA) is 76.9 Å². The van der Waals surface area contributed by atoms with Crippen molar-refractivity contribution in [3.8, 4) is 11.4 Å². The number of hydrogen-bond donors (Lipinski definition) is 0. The molecule has 222 valence electrons. The van der Waals surface area contributed by atoms with Gasteiger partial charge >= 0.3 is 0 Å². The molecule has 6 aliphatic rings. The zero-order valence-corrected chi connectivity index (χ0v) is 23.9. The van der Waals surface area contributed by atoms with Crippen molar-refractivity contribution in [3.05, 3.63) is 54.5 Å². The van der Waals surface area contributed by atoms with Gasteiger partial charge in [-0.1, -0.05) is 49.6 Å². The number of carbonyl (C=O) groups is 2. The SMILES string of the molecule is O=C1C(C(=O)N2CCOCC2)=CN2C3C(CCC4CCCCC43)OC3C2C1CC(F)C3n1ccnc1-c1ccccc1. The number of imidazole rings is 1. The molecule has 4 heterocycles. The lowest BCUT2D eigenvalue weighted by atomic mass is 9.63. The van der Waals surface area contributed by atoms with Crippen LogP contribution in [0.1, 0.15) is 51.0 Å². The molecule has 3 aliphatic carbocycles. The number of ketones is 1. The molecule has 8 nitrogen and oxygen atoms in total. The van der Waals surface area contributed by atoms with E-state index < -0.39 is 24.2 Å². The molecule has 8 rings (SSSR count). The average Bonchev–Trinajstić information content (AvgIpc) is 3.52. The maximum Gasteiger partial charge on any atom is 0.259 e. The highest BCUT2D eigenvalue weighted by Gasteiger charge is 2.61. The van der Waals surface area contributed by atoms with Crippen molar-refractivity contribution in [1.29, 1.82) is 0 Å². The first kappa shape index (κ1) is 26.6. The Balaban J connectivity index is 1.22. The van der Waals surface area contributed by atoms with Crippen LogP contribution in [0.15, 0.2) is 54.5 Å². The van der Waals surface area contributed by atoms with Gasteiger partial charge in [-0.3, -0.25) is 9.59 Å². The molecule has 9 atom stereocenters. The van der Waals surface area contributed by atoms with Gasteiger partial charge < -0.3 is 23.8 Å². The molecule has 0 radical (unpaired) electrons. The molecule has 0 N–H and O–H groups in total. The molecule has 5 fully saturated rings. The van der Waals surface area contributed by atoms with E-state index in [0.717, 1.165) is 24.8 Å². The Hall–Kier alpha value is -3.04. The Kier molecular flexibility index (Phi) is 6.70. The largest absolute Gasteiger partial charge is 0.378 e. The van der Waals surface area contributed by atoms with Gasteiger partial charge in [0.05, 0.1) is 43.0 Å². The van der Waals surface area contributed by atoms with E-state index in [1.807, 2.05) is 47.3 Å². The molecule has 2 saturated heterocycles. The van der Waals surface area contributed by atoms with Crippen molar-refractivity contribution in [1.82, 2.24) is 19.4 Å². The average molecular weight is 575 g/mol. The van der Waals surface area contributed by atoms with Gasteiger partial charge in [0.1, 0.15) is 18.1 Å². The van der Waals surface area contributed by atoms with Gasteiger partial charge in [0, 0.05) is 43.2 Å². The molecule has 1 amide bonds. The Morgan fingerprint density at radius 1 is 0.976 bits per heavy atom. The number of nitrogens with zero attached hydrogens (tertiary/aromatic N) is 4. The van der Waals surface area contributed by atoms with Crippen LogP contribution in [-0.2, 0) is 19.1 Å². The predicted molar refractivity (Wildman–Crippen MR) is 153 cm³/mol. The lowest BCUT2D eigenvalue weighted by Crippen LogP contribution is -2.71. The summed E-state index contributed by atoms with van der Waals surface area (Å²) in [5.74, 6) is 0.699. The first-order chi connectivity index (χ1) is 20.6. The second-order valence-electron chi connectivity index (χ2n) is 13.0. The van der Waals surface area contributed by atoms with Gasteiger partial charge in [0.15, 0.2) is 5.78 Å². The summed E-state index contributed by atoms with van der Waals surface area (Å²) in [6, 6.07) is 9.02. The van der Waals surface area contributed by atoms with Crippen LogP contribution in [0.5, 0.6) is 0 Å². The van der Waals surface area contributed by atoms with Crippen molar-refractivity contribution >= 4 is 11.7 Å². The molecule has 0 bridgehead atoms. The van der Waals surface area contributed by atoms with Gasteiger partial charge in [0.25, 0.3) is 5.91 Å². The summed E-state index contributed by atoms with van der Waals surface area (Å²) in [4.78, 5) is 36.6. The highest BCUT2D eigenvalue weighted by molar-refractivity contribution is 6.20. The smallest absolute Gasteiger partial charge is 0.259 e. The molecule has 1 aromatic heterocycles. The van der Waals surface area contributed by atoms with Crippen LogP contribution < -0.4 is 0 Å². The van der Waals surface area contributed by atoms with E-state index in [4.69, 9.17) is 9.47 Å². The van der Waals surface area contributed by atoms with Crippen LogP contribution in [0.3, 0.4) is 0 Å². The quantitative estimate of drug-likeness (QED) is 0.512. The van der Waals surface area contributed by atoms with Crippen molar-refractivity contribution in [2.24, 2.45) is 17.8 Å². The third kappa shape index (κ3) is 4.18. The van der Waals surface area contributed by atoms with Crippen LogP contribution >= 0.6 is 0 Å². The number of amides is 1. The first-order valence-corrected chi connectivity index (χ1v) is 15.9. The molecule has 3 saturated carbocycles. The number of halogens is 1. The fourth-order valence-electron chi connectivity index (χ4n) is 9.17. The Bertz CT molecular complexity index is 1370. The summed E-state index contributed by atoms with van der Waals surface area (Å²) in [6.45, 7) is 1.87. The normalized spacial score (nSPS) is 37.8. The summed E-state index contributed by atoms with van der Waals surface area (Å²) < 4.78 is 31.0. The fraction of sp³-hybridized carbons (Fsp3) is 0.606. The summed E-state index contributed by atoms with van der Waals surface area (Å²) in [7, 11) is 0.